The van der Waals surface area contributed by atoms with E-state index in [1.807, 2.05) is 57.8 Å². The number of carbonyl (C=O) groups is 4. The van der Waals surface area contributed by atoms with Gasteiger partial charge >= 0.3 is 0 Å². The fourth-order valence-electron chi connectivity index (χ4n) is 7.66. The van der Waals surface area contributed by atoms with E-state index in [0.717, 1.165) is 37.7 Å². The molecule has 1 N–H and O–H groups in total. The van der Waals surface area contributed by atoms with Crippen molar-refractivity contribution < 1.29 is 28.7 Å². The lowest BCUT2D eigenvalue weighted by atomic mass is 9.84. The minimum atomic E-state index is -0.547. The van der Waals surface area contributed by atoms with Gasteiger partial charge in [-0.3, -0.25) is 24.2 Å². The molecule has 49 heavy (non-hydrogen) atoms. The lowest BCUT2D eigenvalue weighted by Gasteiger charge is -2.41. The zero-order valence-corrected chi connectivity index (χ0v) is 32.2. The van der Waals surface area contributed by atoms with Crippen molar-refractivity contribution >= 4 is 23.4 Å². The van der Waals surface area contributed by atoms with Gasteiger partial charge in [0.2, 0.25) is 11.8 Å². The molecule has 0 radical (unpaired) electrons. The maximum Gasteiger partial charge on any atom is 0.226 e. The van der Waals surface area contributed by atoms with Crippen LogP contribution < -0.4 is 5.32 Å². The maximum atomic E-state index is 14.2. The second-order valence-corrected chi connectivity index (χ2v) is 14.8. The van der Waals surface area contributed by atoms with Crippen LogP contribution in [0.5, 0.6) is 0 Å². The summed E-state index contributed by atoms with van der Waals surface area (Å²) in [6.45, 7) is 14.6. The zero-order valence-electron chi connectivity index (χ0n) is 32.2. The Labute approximate surface area is 296 Å². The summed E-state index contributed by atoms with van der Waals surface area (Å²) in [5.74, 6) is -0.731. The molecule has 278 valence electrons. The van der Waals surface area contributed by atoms with Gasteiger partial charge in [-0.2, -0.15) is 0 Å². The fraction of sp³-hybridized carbons (Fsp3) is 0.769. The first-order chi connectivity index (χ1) is 23.2. The number of hydrogen-bond acceptors (Lipinski definition) is 8. The number of likely N-dealkylation sites (tertiary alicyclic amines) is 1. The quantitative estimate of drug-likeness (QED) is 0.173. The average Bonchev–Trinajstić information content (AvgIpc) is 3.56. The van der Waals surface area contributed by atoms with Crippen LogP contribution in [0.3, 0.4) is 0 Å². The Hall–Kier alpha value is -2.69. The molecule has 0 aliphatic carbocycles. The molecule has 8 atom stereocenters. The van der Waals surface area contributed by atoms with E-state index in [-0.39, 0.29) is 78.0 Å². The van der Waals surface area contributed by atoms with E-state index < -0.39 is 18.1 Å². The van der Waals surface area contributed by atoms with E-state index in [1.54, 1.807) is 39.4 Å². The topological polar surface area (TPSA) is 118 Å². The molecule has 10 nitrogen and oxygen atoms in total. The van der Waals surface area contributed by atoms with Crippen LogP contribution >= 0.6 is 0 Å². The summed E-state index contributed by atoms with van der Waals surface area (Å²) in [5, 5.41) is 3.12. The van der Waals surface area contributed by atoms with Gasteiger partial charge in [0.15, 0.2) is 5.78 Å². The smallest absolute Gasteiger partial charge is 0.226 e. The number of hydrogen-bond donors (Lipinski definition) is 1. The lowest BCUT2D eigenvalue weighted by Crippen LogP contribution is -2.54. The van der Waals surface area contributed by atoms with Crippen LogP contribution in [0.2, 0.25) is 0 Å². The third-order valence-corrected chi connectivity index (χ3v) is 10.8. The minimum absolute atomic E-state index is 0.0329. The molecule has 10 heteroatoms. The number of pyridine rings is 1. The first kappa shape index (κ1) is 42.5. The molecule has 2 rings (SSSR count). The van der Waals surface area contributed by atoms with E-state index in [9.17, 15) is 19.2 Å². The van der Waals surface area contributed by atoms with E-state index in [0.29, 0.717) is 13.0 Å². The molecule has 1 saturated heterocycles. The highest BCUT2D eigenvalue weighted by Gasteiger charge is 2.42. The summed E-state index contributed by atoms with van der Waals surface area (Å²) in [4.78, 5) is 62.6. The summed E-state index contributed by atoms with van der Waals surface area (Å²) in [6, 6.07) is 3.02. The van der Waals surface area contributed by atoms with E-state index >= 15 is 0 Å². The van der Waals surface area contributed by atoms with Gasteiger partial charge in [0, 0.05) is 64.9 Å². The van der Waals surface area contributed by atoms with Crippen molar-refractivity contribution in [1.29, 1.82) is 0 Å². The Morgan fingerprint density at radius 2 is 1.71 bits per heavy atom. The molecule has 1 aliphatic rings. The molecule has 1 fully saturated rings. The standard InChI is InChI=1S/C39H66N4O6/c1-12-27(6)37(42(9)39(47)30(25(2)3)22-33(45)36(40-8)26(4)5)34(48-10)23-35(46)43-21-15-18-31(43)38(49-11)28(7)32(44)19-13-16-29-17-14-20-41-24-29/h14,17,20,24-28,30-31,34,36-38,40H,12-13,15-16,18-19,21-23H2,1-11H3/t27-,28-,30-,31-,34+,36-,37-,38+/m0/s1. The van der Waals surface area contributed by atoms with Gasteiger partial charge < -0.3 is 24.6 Å². The number of aromatic nitrogens is 1. The van der Waals surface area contributed by atoms with E-state index in [2.05, 4.69) is 24.1 Å². The molecule has 1 aliphatic heterocycles. The molecular weight excluding hydrogens is 620 g/mol. The molecule has 0 aromatic carbocycles. The van der Waals surface area contributed by atoms with Gasteiger partial charge in [0.05, 0.1) is 36.8 Å². The molecule has 2 amide bonds. The van der Waals surface area contributed by atoms with Gasteiger partial charge in [-0.05, 0) is 62.1 Å². The number of methoxy groups -OCH3 is 2. The van der Waals surface area contributed by atoms with Crippen molar-refractivity contribution in [3.63, 3.8) is 0 Å². The Bertz CT molecular complexity index is 1180. The van der Waals surface area contributed by atoms with Crippen LogP contribution in [0.1, 0.15) is 99.0 Å². The third-order valence-electron chi connectivity index (χ3n) is 10.8. The van der Waals surface area contributed by atoms with Crippen LogP contribution in [-0.2, 0) is 35.1 Å². The van der Waals surface area contributed by atoms with Crippen LogP contribution in [0, 0.1) is 29.6 Å². The Morgan fingerprint density at radius 1 is 1.02 bits per heavy atom. The van der Waals surface area contributed by atoms with Crippen LogP contribution in [0.15, 0.2) is 24.5 Å². The second kappa shape index (κ2) is 20.9. The molecule has 0 saturated carbocycles. The number of likely N-dealkylation sites (N-methyl/N-ethyl adjacent to an activating group) is 2. The van der Waals surface area contributed by atoms with Crippen LogP contribution in [-0.4, -0.2) is 103 Å². The Balaban J connectivity index is 2.20. The van der Waals surface area contributed by atoms with Crippen molar-refractivity contribution in [3.05, 3.63) is 30.1 Å². The summed E-state index contributed by atoms with van der Waals surface area (Å²) < 4.78 is 12.0. The van der Waals surface area contributed by atoms with Gasteiger partial charge in [-0.15, -0.1) is 0 Å². The van der Waals surface area contributed by atoms with Crippen molar-refractivity contribution in [2.75, 3.05) is 34.9 Å². The Morgan fingerprint density at radius 3 is 2.24 bits per heavy atom. The molecule has 1 aromatic heterocycles. The molecule has 0 spiro atoms. The zero-order chi connectivity index (χ0) is 36.8. The summed E-state index contributed by atoms with van der Waals surface area (Å²) >= 11 is 0. The van der Waals surface area contributed by atoms with Crippen molar-refractivity contribution in [2.24, 2.45) is 29.6 Å². The molecule has 1 aromatic rings. The largest absolute Gasteiger partial charge is 0.379 e. The summed E-state index contributed by atoms with van der Waals surface area (Å²) in [6.07, 6.45) is 7.21. The number of ether oxygens (including phenoxy) is 2. The Kier molecular flexibility index (Phi) is 18.1. The molecule has 0 bridgehead atoms. The molecule has 2 heterocycles. The summed E-state index contributed by atoms with van der Waals surface area (Å²) in [7, 11) is 6.79. The fourth-order valence-corrected chi connectivity index (χ4v) is 7.66. The van der Waals surface area contributed by atoms with Crippen molar-refractivity contribution in [3.8, 4) is 0 Å². The first-order valence-corrected chi connectivity index (χ1v) is 18.5. The van der Waals surface area contributed by atoms with Gasteiger partial charge in [-0.25, -0.2) is 0 Å². The van der Waals surface area contributed by atoms with Gasteiger partial charge in [0.1, 0.15) is 5.78 Å². The summed E-state index contributed by atoms with van der Waals surface area (Å²) in [5.41, 5.74) is 1.11. The third kappa shape index (κ3) is 11.7. The van der Waals surface area contributed by atoms with Crippen LogP contribution in [0.4, 0.5) is 0 Å². The number of nitrogens with zero attached hydrogens (tertiary/aromatic N) is 3. The average molecular weight is 687 g/mol. The number of nitrogens with one attached hydrogen (secondary N) is 1. The highest BCUT2D eigenvalue weighted by molar-refractivity contribution is 5.90. The number of ketones is 2. The first-order valence-electron chi connectivity index (χ1n) is 18.5. The van der Waals surface area contributed by atoms with Crippen molar-refractivity contribution in [1.82, 2.24) is 20.1 Å². The second-order valence-electron chi connectivity index (χ2n) is 14.8. The number of carbonyl (C=O) groups excluding carboxylic acids is 4. The van der Waals surface area contributed by atoms with Crippen LogP contribution in [0.25, 0.3) is 0 Å². The lowest BCUT2D eigenvalue weighted by molar-refractivity contribution is -0.149. The normalized spacial score (nSPS) is 19.3. The SMILES string of the molecule is CC[C@H](C)[C@@H]([C@@H](CC(=O)N1CCC[C@H]1[C@H](OC)[C@@H](C)C(=O)CCCc1cccnc1)OC)N(C)C(=O)[C@@H](CC(=O)[C@@H](NC)C(C)C)C(C)C. The van der Waals surface area contributed by atoms with E-state index in [4.69, 9.17) is 9.47 Å². The number of aryl methyl sites for hydroxylation is 1. The maximum absolute atomic E-state index is 14.2. The number of rotatable bonds is 22. The molecular formula is C39H66N4O6. The highest BCUT2D eigenvalue weighted by atomic mass is 16.5. The predicted molar refractivity (Wildman–Crippen MR) is 194 cm³/mol. The minimum Gasteiger partial charge on any atom is -0.379 e. The predicted octanol–water partition coefficient (Wildman–Crippen LogP) is 5.37. The van der Waals surface area contributed by atoms with Gasteiger partial charge in [0.25, 0.3) is 0 Å². The van der Waals surface area contributed by atoms with E-state index in [1.165, 1.54) is 0 Å². The van der Waals surface area contributed by atoms with Crippen molar-refractivity contribution in [2.45, 2.75) is 130 Å². The molecule has 0 unspecified atom stereocenters. The van der Waals surface area contributed by atoms with Gasteiger partial charge in [-0.1, -0.05) is 61.0 Å². The monoisotopic (exact) mass is 686 g/mol. The number of Topliss-reactive ketones (excluding diaryl/α,β-unsaturated/α-hetero) is 2. The number of amides is 2. The highest BCUT2D eigenvalue weighted by Crippen LogP contribution is 2.31.